The van der Waals surface area contributed by atoms with Gasteiger partial charge in [0.1, 0.15) is 0 Å². The van der Waals surface area contributed by atoms with Gasteiger partial charge in [0.15, 0.2) is 0 Å². The molecule has 196 valence electrons. The molecule has 0 aromatic rings. The molecule has 3 nitrogen and oxygen atoms in total. The third-order valence-electron chi connectivity index (χ3n) is 6.16. The first-order chi connectivity index (χ1) is 15.7. The normalized spacial score (nSPS) is 11.9. The van der Waals surface area contributed by atoms with Gasteiger partial charge in [-0.15, -0.1) is 0 Å². The predicted molar refractivity (Wildman–Crippen MR) is 146 cm³/mol. The van der Waals surface area contributed by atoms with Gasteiger partial charge in [-0.25, -0.2) is 0 Å². The van der Waals surface area contributed by atoms with Gasteiger partial charge in [-0.05, 0) is 19.8 Å². The minimum absolute atomic E-state index is 0.162. The largest absolute Gasteiger partial charge is 0.381 e. The molecule has 0 spiro atoms. The summed E-state index contributed by atoms with van der Waals surface area (Å²) in [6.07, 6.45) is 31.1. The molecule has 4 N–H and O–H groups in total. The highest BCUT2D eigenvalue weighted by Gasteiger charge is 1.95. The van der Waals surface area contributed by atoms with Crippen molar-refractivity contribution in [3.63, 3.8) is 0 Å². The van der Waals surface area contributed by atoms with Gasteiger partial charge >= 0.3 is 0 Å². The zero-order chi connectivity index (χ0) is 24.0. The van der Waals surface area contributed by atoms with Gasteiger partial charge in [-0.2, -0.15) is 0 Å². The van der Waals surface area contributed by atoms with Gasteiger partial charge in [0.2, 0.25) is 0 Å². The Hall–Kier alpha value is -0.120. The Morgan fingerprint density at radius 1 is 0.469 bits per heavy atom. The minimum atomic E-state index is 0.162. The highest BCUT2D eigenvalue weighted by molar-refractivity contribution is 4.50. The van der Waals surface area contributed by atoms with E-state index in [4.69, 9.17) is 16.2 Å². The van der Waals surface area contributed by atoms with Gasteiger partial charge in [-0.1, -0.05) is 142 Å². The molecule has 0 aromatic carbocycles. The fourth-order valence-corrected chi connectivity index (χ4v) is 3.84. The number of hydrogen-bond donors (Lipinski definition) is 2. The molecule has 0 amide bonds. The molecule has 0 aliphatic rings. The van der Waals surface area contributed by atoms with E-state index in [-0.39, 0.29) is 6.04 Å². The first kappa shape index (κ1) is 34.0. The van der Waals surface area contributed by atoms with Crippen molar-refractivity contribution in [3.05, 3.63) is 0 Å². The lowest BCUT2D eigenvalue weighted by molar-refractivity contribution is 0.125. The van der Waals surface area contributed by atoms with Crippen LogP contribution >= 0.6 is 0 Å². The summed E-state index contributed by atoms with van der Waals surface area (Å²) in [5, 5.41) is 0. The van der Waals surface area contributed by atoms with Crippen molar-refractivity contribution < 1.29 is 4.74 Å². The molecular weight excluding hydrogens is 392 g/mol. The predicted octanol–water partition coefficient (Wildman–Crippen LogP) is 8.92. The maximum Gasteiger partial charge on any atom is 0.0466 e. The van der Waals surface area contributed by atoms with Gasteiger partial charge in [-0.3, -0.25) is 0 Å². The molecule has 0 fully saturated rings. The Kier molecular flexibility index (Phi) is 35.2. The average Bonchev–Trinajstić information content (AvgIpc) is 2.80. The van der Waals surface area contributed by atoms with E-state index in [2.05, 4.69) is 13.8 Å². The highest BCUT2D eigenvalue weighted by atomic mass is 16.5. The summed E-state index contributed by atoms with van der Waals surface area (Å²) in [5.41, 5.74) is 10.2. The summed E-state index contributed by atoms with van der Waals surface area (Å²) in [6, 6.07) is 0.162. The van der Waals surface area contributed by atoms with Crippen LogP contribution in [0.5, 0.6) is 0 Å². The third kappa shape index (κ3) is 37.2. The van der Waals surface area contributed by atoms with Gasteiger partial charge < -0.3 is 16.2 Å². The summed E-state index contributed by atoms with van der Waals surface area (Å²) in [6.45, 7) is 9.03. The number of nitrogens with two attached hydrogens (primary N) is 2. The maximum absolute atomic E-state index is 5.80. The number of hydrogen-bond acceptors (Lipinski definition) is 3. The molecule has 0 aliphatic heterocycles. The topological polar surface area (TPSA) is 61.3 Å². The molecule has 32 heavy (non-hydrogen) atoms. The van der Waals surface area contributed by atoms with E-state index in [0.29, 0.717) is 6.54 Å². The number of rotatable bonds is 25. The van der Waals surface area contributed by atoms with Crippen LogP contribution in [0, 0.1) is 0 Å². The van der Waals surface area contributed by atoms with E-state index in [1.165, 1.54) is 141 Å². The lowest BCUT2D eigenvalue weighted by atomic mass is 10.1. The lowest BCUT2D eigenvalue weighted by Crippen LogP contribution is -2.25. The Bertz CT molecular complexity index is 273. The molecule has 0 heterocycles. The Morgan fingerprint density at radius 2 is 0.688 bits per heavy atom. The first-order valence-electron chi connectivity index (χ1n) is 14.7. The average molecular weight is 457 g/mol. The maximum atomic E-state index is 5.80. The van der Waals surface area contributed by atoms with Crippen molar-refractivity contribution in [2.24, 2.45) is 11.5 Å². The lowest BCUT2D eigenvalue weighted by Gasteiger charge is -2.05. The summed E-state index contributed by atoms with van der Waals surface area (Å²) in [5.74, 6) is 0. The fraction of sp³-hybridized carbons (Fsp3) is 1.00. The van der Waals surface area contributed by atoms with Crippen LogP contribution in [0.1, 0.15) is 162 Å². The van der Waals surface area contributed by atoms with Gasteiger partial charge in [0.05, 0.1) is 0 Å². The summed E-state index contributed by atoms with van der Waals surface area (Å²) in [7, 11) is 0. The summed E-state index contributed by atoms with van der Waals surface area (Å²) < 4.78 is 5.80. The molecule has 0 radical (unpaired) electrons. The highest BCUT2D eigenvalue weighted by Crippen LogP contribution is 2.12. The number of ether oxygens (including phenoxy) is 1. The molecule has 0 aromatic heterocycles. The van der Waals surface area contributed by atoms with Crippen LogP contribution in [0.2, 0.25) is 0 Å². The summed E-state index contributed by atoms with van der Waals surface area (Å²) >= 11 is 0. The number of unbranched alkanes of at least 4 members (excludes halogenated alkanes) is 20. The fourth-order valence-electron chi connectivity index (χ4n) is 3.84. The Labute approximate surface area is 204 Å². The van der Waals surface area contributed by atoms with Gasteiger partial charge in [0.25, 0.3) is 0 Å². The van der Waals surface area contributed by atoms with E-state index in [0.717, 1.165) is 13.2 Å². The second-order valence-corrected chi connectivity index (χ2v) is 9.90. The Balaban J connectivity index is 0. The summed E-state index contributed by atoms with van der Waals surface area (Å²) in [4.78, 5) is 0. The molecule has 0 saturated heterocycles. The second kappa shape index (κ2) is 33.1. The molecule has 1 unspecified atom stereocenters. The molecule has 0 rings (SSSR count). The molecule has 0 aliphatic carbocycles. The molecule has 0 bridgehead atoms. The van der Waals surface area contributed by atoms with Crippen LogP contribution in [0.15, 0.2) is 0 Å². The smallest absolute Gasteiger partial charge is 0.0466 e. The Morgan fingerprint density at radius 3 is 0.906 bits per heavy atom. The van der Waals surface area contributed by atoms with Crippen LogP contribution in [0.3, 0.4) is 0 Å². The van der Waals surface area contributed by atoms with Crippen molar-refractivity contribution >= 4 is 0 Å². The van der Waals surface area contributed by atoms with E-state index in [9.17, 15) is 0 Å². The van der Waals surface area contributed by atoms with Gasteiger partial charge in [0, 0.05) is 25.8 Å². The standard InChI is InChI=1S/C26H54O.C3H10N2/c1-3-5-7-9-11-13-15-17-19-21-23-25-27-26-24-22-20-18-16-14-12-10-8-6-4-2;1-3(5)2-4/h3-26H2,1-2H3;3H,2,4-5H2,1H3. The van der Waals surface area contributed by atoms with Crippen LogP contribution in [0.25, 0.3) is 0 Å². The van der Waals surface area contributed by atoms with Crippen molar-refractivity contribution in [2.75, 3.05) is 19.8 Å². The van der Waals surface area contributed by atoms with Crippen molar-refractivity contribution in [1.29, 1.82) is 0 Å². The van der Waals surface area contributed by atoms with Crippen molar-refractivity contribution in [2.45, 2.75) is 168 Å². The first-order valence-corrected chi connectivity index (χ1v) is 14.7. The van der Waals surface area contributed by atoms with E-state index in [1.54, 1.807) is 0 Å². The zero-order valence-corrected chi connectivity index (χ0v) is 22.8. The molecular formula is C29H64N2O. The molecule has 1 atom stereocenters. The van der Waals surface area contributed by atoms with E-state index >= 15 is 0 Å². The molecule has 3 heteroatoms. The minimum Gasteiger partial charge on any atom is -0.381 e. The third-order valence-corrected chi connectivity index (χ3v) is 6.16. The van der Waals surface area contributed by atoms with Crippen LogP contribution in [0.4, 0.5) is 0 Å². The van der Waals surface area contributed by atoms with E-state index < -0.39 is 0 Å². The van der Waals surface area contributed by atoms with Crippen LogP contribution in [-0.2, 0) is 4.74 Å². The van der Waals surface area contributed by atoms with Crippen LogP contribution in [-0.4, -0.2) is 25.8 Å². The molecule has 0 saturated carbocycles. The second-order valence-electron chi connectivity index (χ2n) is 9.90. The monoisotopic (exact) mass is 457 g/mol. The zero-order valence-electron chi connectivity index (χ0n) is 22.8. The van der Waals surface area contributed by atoms with E-state index in [1.807, 2.05) is 6.92 Å². The quantitative estimate of drug-likeness (QED) is 0.135. The van der Waals surface area contributed by atoms with Crippen LogP contribution < -0.4 is 11.5 Å². The SMILES string of the molecule is CC(N)CN.CCCCCCCCCCCCCOCCCCCCCCCCCCC. The van der Waals surface area contributed by atoms with Crippen molar-refractivity contribution in [1.82, 2.24) is 0 Å². The van der Waals surface area contributed by atoms with Crippen molar-refractivity contribution in [3.8, 4) is 0 Å².